The summed E-state index contributed by atoms with van der Waals surface area (Å²) in [7, 11) is 1.84. The molecule has 2 rings (SSSR count). The van der Waals surface area contributed by atoms with Gasteiger partial charge in [0.05, 0.1) is 17.2 Å². The molecule has 2 heterocycles. The molecule has 0 amide bonds. The SMILES string of the molecule is CCCCN1CCC(NC(=NC)NCc2csc(CC)n2)CC1. The fourth-order valence-electron chi connectivity index (χ4n) is 2.84. The maximum atomic E-state index is 4.59. The minimum Gasteiger partial charge on any atom is -0.354 e. The lowest BCUT2D eigenvalue weighted by Gasteiger charge is -2.33. The highest BCUT2D eigenvalue weighted by Crippen LogP contribution is 2.12. The van der Waals surface area contributed by atoms with Gasteiger partial charge in [-0.25, -0.2) is 4.98 Å². The van der Waals surface area contributed by atoms with Gasteiger partial charge in [-0.15, -0.1) is 11.3 Å². The summed E-state index contributed by atoms with van der Waals surface area (Å²) >= 11 is 1.73. The first-order valence-electron chi connectivity index (χ1n) is 8.88. The molecule has 0 spiro atoms. The number of nitrogens with one attached hydrogen (secondary N) is 2. The Morgan fingerprint density at radius 2 is 2.17 bits per heavy atom. The van der Waals surface area contributed by atoms with Crippen LogP contribution >= 0.6 is 11.3 Å². The molecule has 0 saturated carbocycles. The Kier molecular flexibility index (Phi) is 7.82. The molecule has 1 aromatic heterocycles. The fraction of sp³-hybridized carbons (Fsp3) is 0.765. The third-order valence-corrected chi connectivity index (χ3v) is 5.36. The van der Waals surface area contributed by atoms with Crippen LogP contribution in [0.2, 0.25) is 0 Å². The molecule has 0 unspecified atom stereocenters. The third-order valence-electron chi connectivity index (χ3n) is 4.32. The summed E-state index contributed by atoms with van der Waals surface area (Å²) in [4.78, 5) is 11.5. The van der Waals surface area contributed by atoms with Crippen molar-refractivity contribution in [2.45, 2.75) is 58.5 Å². The Morgan fingerprint density at radius 3 is 2.78 bits per heavy atom. The lowest BCUT2D eigenvalue weighted by Crippen LogP contribution is -2.48. The van der Waals surface area contributed by atoms with Gasteiger partial charge in [0, 0.05) is 31.6 Å². The van der Waals surface area contributed by atoms with Gasteiger partial charge < -0.3 is 15.5 Å². The van der Waals surface area contributed by atoms with Gasteiger partial charge >= 0.3 is 0 Å². The predicted molar refractivity (Wildman–Crippen MR) is 99.2 cm³/mol. The average molecular weight is 338 g/mol. The van der Waals surface area contributed by atoms with Crippen molar-refractivity contribution >= 4 is 17.3 Å². The minimum absolute atomic E-state index is 0.528. The molecule has 0 bridgehead atoms. The monoisotopic (exact) mass is 337 g/mol. The molecule has 0 aliphatic carbocycles. The standard InChI is InChI=1S/C17H31N5S/c1-4-6-9-22-10-7-14(8-11-22)21-17(18-3)19-12-15-13-23-16(5-2)20-15/h13-14H,4-12H2,1-3H3,(H2,18,19,21). The first kappa shape index (κ1) is 18.2. The van der Waals surface area contributed by atoms with Gasteiger partial charge in [-0.3, -0.25) is 4.99 Å². The highest BCUT2D eigenvalue weighted by molar-refractivity contribution is 7.09. The topological polar surface area (TPSA) is 52.5 Å². The van der Waals surface area contributed by atoms with E-state index in [9.17, 15) is 0 Å². The van der Waals surface area contributed by atoms with Gasteiger partial charge in [-0.2, -0.15) is 0 Å². The Morgan fingerprint density at radius 1 is 1.39 bits per heavy atom. The molecule has 2 N–H and O–H groups in total. The van der Waals surface area contributed by atoms with Gasteiger partial charge in [0.2, 0.25) is 0 Å². The number of rotatable bonds is 7. The molecular weight excluding hydrogens is 306 g/mol. The van der Waals surface area contributed by atoms with Crippen molar-refractivity contribution < 1.29 is 0 Å². The molecule has 5 nitrogen and oxygen atoms in total. The van der Waals surface area contributed by atoms with Gasteiger partial charge in [0.25, 0.3) is 0 Å². The van der Waals surface area contributed by atoms with Crippen LogP contribution in [0.25, 0.3) is 0 Å². The summed E-state index contributed by atoms with van der Waals surface area (Å²) in [6.45, 7) is 8.78. The van der Waals surface area contributed by atoms with E-state index in [0.717, 1.165) is 24.6 Å². The lowest BCUT2D eigenvalue weighted by molar-refractivity contribution is 0.203. The number of thiazole rings is 1. The van der Waals surface area contributed by atoms with Gasteiger partial charge in [-0.1, -0.05) is 20.3 Å². The second-order valence-electron chi connectivity index (χ2n) is 6.13. The molecule has 0 aromatic carbocycles. The zero-order chi connectivity index (χ0) is 16.5. The number of nitrogens with zero attached hydrogens (tertiary/aromatic N) is 3. The van der Waals surface area contributed by atoms with E-state index in [-0.39, 0.29) is 0 Å². The molecule has 1 fully saturated rings. The van der Waals surface area contributed by atoms with Gasteiger partial charge in [0.1, 0.15) is 0 Å². The second kappa shape index (κ2) is 9.88. The summed E-state index contributed by atoms with van der Waals surface area (Å²) in [6.07, 6.45) is 6.00. The summed E-state index contributed by atoms with van der Waals surface area (Å²) in [5, 5.41) is 10.3. The molecule has 0 atom stereocenters. The Hall–Kier alpha value is -1.14. The zero-order valence-electron chi connectivity index (χ0n) is 14.8. The van der Waals surface area contributed by atoms with Crippen molar-refractivity contribution in [1.82, 2.24) is 20.5 Å². The summed E-state index contributed by atoms with van der Waals surface area (Å²) in [5.74, 6) is 0.892. The van der Waals surface area contributed by atoms with Crippen molar-refractivity contribution in [3.63, 3.8) is 0 Å². The minimum atomic E-state index is 0.528. The van der Waals surface area contributed by atoms with Gasteiger partial charge in [-0.05, 0) is 32.2 Å². The number of hydrogen-bond acceptors (Lipinski definition) is 4. The first-order valence-corrected chi connectivity index (χ1v) is 9.75. The Balaban J connectivity index is 1.71. The molecular formula is C17H31N5S. The number of unbranched alkanes of at least 4 members (excludes halogenated alkanes) is 1. The molecule has 130 valence electrons. The van der Waals surface area contributed by atoms with E-state index in [0.29, 0.717) is 6.04 Å². The van der Waals surface area contributed by atoms with Crippen molar-refractivity contribution in [3.8, 4) is 0 Å². The number of likely N-dealkylation sites (tertiary alicyclic amines) is 1. The zero-order valence-corrected chi connectivity index (χ0v) is 15.6. The molecule has 1 saturated heterocycles. The van der Waals surface area contributed by atoms with E-state index < -0.39 is 0 Å². The van der Waals surface area contributed by atoms with Crippen molar-refractivity contribution in [2.24, 2.45) is 4.99 Å². The van der Waals surface area contributed by atoms with Crippen LogP contribution in [0.5, 0.6) is 0 Å². The largest absolute Gasteiger partial charge is 0.354 e. The fourth-order valence-corrected chi connectivity index (χ4v) is 3.58. The summed E-state index contributed by atoms with van der Waals surface area (Å²) in [5.41, 5.74) is 1.10. The van der Waals surface area contributed by atoms with Crippen LogP contribution in [0.4, 0.5) is 0 Å². The summed E-state index contributed by atoms with van der Waals surface area (Å²) < 4.78 is 0. The highest BCUT2D eigenvalue weighted by atomic mass is 32.1. The van der Waals surface area contributed by atoms with Crippen LogP contribution < -0.4 is 10.6 Å². The van der Waals surface area contributed by atoms with Crippen LogP contribution in [-0.2, 0) is 13.0 Å². The molecule has 0 radical (unpaired) electrons. The van der Waals surface area contributed by atoms with E-state index in [1.165, 1.54) is 50.3 Å². The molecule has 1 aliphatic rings. The van der Waals surface area contributed by atoms with Crippen LogP contribution in [0.1, 0.15) is 50.2 Å². The number of piperidine rings is 1. The second-order valence-corrected chi connectivity index (χ2v) is 7.07. The number of aromatic nitrogens is 1. The molecule has 23 heavy (non-hydrogen) atoms. The van der Waals surface area contributed by atoms with Crippen molar-refractivity contribution in [2.75, 3.05) is 26.7 Å². The molecule has 1 aromatic rings. The van der Waals surface area contributed by atoms with Crippen molar-refractivity contribution in [1.29, 1.82) is 0 Å². The number of aryl methyl sites for hydroxylation is 1. The maximum Gasteiger partial charge on any atom is 0.191 e. The average Bonchev–Trinajstić information content (AvgIpc) is 3.06. The molecule has 6 heteroatoms. The lowest BCUT2D eigenvalue weighted by atomic mass is 10.0. The van der Waals surface area contributed by atoms with E-state index in [4.69, 9.17) is 0 Å². The number of hydrogen-bond donors (Lipinski definition) is 2. The van der Waals surface area contributed by atoms with Crippen LogP contribution in [0.3, 0.4) is 0 Å². The van der Waals surface area contributed by atoms with Gasteiger partial charge in [0.15, 0.2) is 5.96 Å². The van der Waals surface area contributed by atoms with E-state index in [2.05, 4.69) is 44.7 Å². The normalized spacial score (nSPS) is 17.4. The number of aliphatic imine (C=N–C) groups is 1. The molecule has 1 aliphatic heterocycles. The van der Waals surface area contributed by atoms with Crippen LogP contribution in [0.15, 0.2) is 10.4 Å². The van der Waals surface area contributed by atoms with Crippen LogP contribution in [0, 0.1) is 0 Å². The third kappa shape index (κ3) is 6.11. The number of guanidine groups is 1. The Bertz CT molecular complexity index is 477. The van der Waals surface area contributed by atoms with E-state index in [1.807, 2.05) is 7.05 Å². The Labute approximate surface area is 144 Å². The predicted octanol–water partition coefficient (Wildman–Crippen LogP) is 2.64. The quantitative estimate of drug-likeness (QED) is 0.593. The van der Waals surface area contributed by atoms with E-state index >= 15 is 0 Å². The summed E-state index contributed by atoms with van der Waals surface area (Å²) in [6, 6.07) is 0.528. The van der Waals surface area contributed by atoms with Crippen molar-refractivity contribution in [3.05, 3.63) is 16.1 Å². The smallest absolute Gasteiger partial charge is 0.191 e. The first-order chi connectivity index (χ1) is 11.2. The van der Waals surface area contributed by atoms with E-state index in [1.54, 1.807) is 11.3 Å². The maximum absolute atomic E-state index is 4.59. The highest BCUT2D eigenvalue weighted by Gasteiger charge is 2.19. The van der Waals surface area contributed by atoms with Crippen LogP contribution in [-0.4, -0.2) is 48.6 Å².